The molecule has 1 saturated heterocycles. The molecule has 21 heavy (non-hydrogen) atoms. The van der Waals surface area contributed by atoms with Gasteiger partial charge in [-0.3, -0.25) is 14.9 Å². The van der Waals surface area contributed by atoms with Crippen LogP contribution in [0, 0.1) is 15.5 Å². The Morgan fingerprint density at radius 3 is 2.86 bits per heavy atom. The molecule has 2 N–H and O–H groups in total. The van der Waals surface area contributed by atoms with Crippen LogP contribution in [0.1, 0.15) is 19.8 Å². The average Bonchev–Trinajstić information content (AvgIpc) is 2.97. The molecular weight excluding hydrogens is 274 g/mol. The van der Waals surface area contributed by atoms with Crippen LogP contribution in [-0.2, 0) is 4.79 Å². The van der Waals surface area contributed by atoms with Crippen LogP contribution < -0.4 is 15.4 Å². The Bertz CT molecular complexity index is 553. The van der Waals surface area contributed by atoms with Crippen molar-refractivity contribution >= 4 is 17.3 Å². The van der Waals surface area contributed by atoms with Gasteiger partial charge in [-0.05, 0) is 25.5 Å². The van der Waals surface area contributed by atoms with E-state index >= 15 is 0 Å². The molecule has 0 aliphatic carbocycles. The fraction of sp³-hybridized carbons (Fsp3) is 0.500. The van der Waals surface area contributed by atoms with Crippen LogP contribution in [0.25, 0.3) is 0 Å². The molecule has 1 aliphatic rings. The van der Waals surface area contributed by atoms with Crippen LogP contribution in [0.5, 0.6) is 5.75 Å². The SMILES string of the molecule is CCC1(C(=O)Nc2ccc([N+](=O)[O-])cc2OC)CCNC1. The quantitative estimate of drug-likeness (QED) is 0.639. The topological polar surface area (TPSA) is 93.5 Å². The smallest absolute Gasteiger partial charge is 0.273 e. The number of anilines is 1. The Morgan fingerprint density at radius 1 is 1.57 bits per heavy atom. The number of hydrogen-bond acceptors (Lipinski definition) is 5. The lowest BCUT2D eigenvalue weighted by molar-refractivity contribution is -0.384. The highest BCUT2D eigenvalue weighted by Crippen LogP contribution is 2.34. The fourth-order valence-electron chi connectivity index (χ4n) is 2.55. The maximum Gasteiger partial charge on any atom is 0.273 e. The fourth-order valence-corrected chi connectivity index (χ4v) is 2.55. The monoisotopic (exact) mass is 293 g/mol. The van der Waals surface area contributed by atoms with Crippen LogP contribution in [0.4, 0.5) is 11.4 Å². The van der Waals surface area contributed by atoms with Crippen LogP contribution >= 0.6 is 0 Å². The van der Waals surface area contributed by atoms with Crippen molar-refractivity contribution in [1.29, 1.82) is 0 Å². The zero-order valence-corrected chi connectivity index (χ0v) is 12.1. The number of nitrogens with zero attached hydrogens (tertiary/aromatic N) is 1. The molecular formula is C14H19N3O4. The van der Waals surface area contributed by atoms with Gasteiger partial charge in [-0.2, -0.15) is 0 Å². The lowest BCUT2D eigenvalue weighted by atomic mass is 9.83. The number of amides is 1. The third-order valence-electron chi connectivity index (χ3n) is 4.05. The van der Waals surface area contributed by atoms with E-state index in [4.69, 9.17) is 4.74 Å². The van der Waals surface area contributed by atoms with Crippen molar-refractivity contribution in [2.45, 2.75) is 19.8 Å². The minimum absolute atomic E-state index is 0.0717. The molecule has 0 aromatic heterocycles. The van der Waals surface area contributed by atoms with E-state index in [0.717, 1.165) is 19.4 Å². The molecule has 1 fully saturated rings. The lowest BCUT2D eigenvalue weighted by Crippen LogP contribution is -2.37. The number of methoxy groups -OCH3 is 1. The van der Waals surface area contributed by atoms with Gasteiger partial charge in [0, 0.05) is 12.6 Å². The number of nitro groups is 1. The number of nitro benzene ring substituents is 1. The van der Waals surface area contributed by atoms with Gasteiger partial charge in [-0.15, -0.1) is 0 Å². The first-order valence-electron chi connectivity index (χ1n) is 6.87. The summed E-state index contributed by atoms with van der Waals surface area (Å²) in [5.74, 6) is 0.205. The molecule has 1 atom stereocenters. The van der Waals surface area contributed by atoms with Crippen molar-refractivity contribution in [3.63, 3.8) is 0 Å². The van der Waals surface area contributed by atoms with Crippen LogP contribution in [0.15, 0.2) is 18.2 Å². The minimum Gasteiger partial charge on any atom is -0.494 e. The number of carbonyl (C=O) groups is 1. The van der Waals surface area contributed by atoms with Gasteiger partial charge in [0.05, 0.1) is 29.2 Å². The van der Waals surface area contributed by atoms with E-state index in [-0.39, 0.29) is 17.3 Å². The number of rotatable bonds is 5. The van der Waals surface area contributed by atoms with Crippen molar-refractivity contribution in [1.82, 2.24) is 5.32 Å². The molecule has 0 saturated carbocycles. The summed E-state index contributed by atoms with van der Waals surface area (Å²) < 4.78 is 5.13. The van der Waals surface area contributed by atoms with E-state index in [1.54, 1.807) is 0 Å². The highest BCUT2D eigenvalue weighted by atomic mass is 16.6. The molecule has 1 aromatic carbocycles. The van der Waals surface area contributed by atoms with Gasteiger partial charge < -0.3 is 15.4 Å². The Morgan fingerprint density at radius 2 is 2.33 bits per heavy atom. The Labute approximate surface area is 122 Å². The maximum atomic E-state index is 12.5. The van der Waals surface area contributed by atoms with Gasteiger partial charge in [-0.1, -0.05) is 6.92 Å². The van der Waals surface area contributed by atoms with Crippen molar-refractivity contribution in [3.8, 4) is 5.75 Å². The summed E-state index contributed by atoms with van der Waals surface area (Å²) >= 11 is 0. The van der Waals surface area contributed by atoms with E-state index < -0.39 is 10.3 Å². The second-order valence-corrected chi connectivity index (χ2v) is 5.16. The molecule has 7 heteroatoms. The van der Waals surface area contributed by atoms with Crippen LogP contribution in [0.2, 0.25) is 0 Å². The zero-order chi connectivity index (χ0) is 15.5. The molecule has 1 aromatic rings. The molecule has 1 aliphatic heterocycles. The molecule has 7 nitrogen and oxygen atoms in total. The first-order chi connectivity index (χ1) is 10.0. The normalized spacial score (nSPS) is 21.0. The first-order valence-corrected chi connectivity index (χ1v) is 6.87. The van der Waals surface area contributed by atoms with Crippen LogP contribution in [0.3, 0.4) is 0 Å². The number of nitrogens with one attached hydrogen (secondary N) is 2. The molecule has 0 bridgehead atoms. The number of ether oxygens (including phenoxy) is 1. The number of benzene rings is 1. The van der Waals surface area contributed by atoms with Gasteiger partial charge in [0.25, 0.3) is 5.69 Å². The first kappa shape index (κ1) is 15.2. The largest absolute Gasteiger partial charge is 0.494 e. The third kappa shape index (κ3) is 2.97. The summed E-state index contributed by atoms with van der Waals surface area (Å²) in [6, 6.07) is 4.16. The Hall–Kier alpha value is -2.15. The molecule has 1 amide bonds. The highest BCUT2D eigenvalue weighted by molar-refractivity contribution is 5.97. The average molecular weight is 293 g/mol. The summed E-state index contributed by atoms with van der Waals surface area (Å²) in [5, 5.41) is 16.8. The maximum absolute atomic E-state index is 12.5. The Kier molecular flexibility index (Phi) is 4.42. The van der Waals surface area contributed by atoms with Gasteiger partial charge in [0.1, 0.15) is 5.75 Å². The highest BCUT2D eigenvalue weighted by Gasteiger charge is 2.39. The van der Waals surface area contributed by atoms with E-state index in [0.29, 0.717) is 12.2 Å². The van der Waals surface area contributed by atoms with Gasteiger partial charge in [0.15, 0.2) is 0 Å². The number of non-ortho nitro benzene ring substituents is 1. The van der Waals surface area contributed by atoms with E-state index in [1.165, 1.54) is 25.3 Å². The van der Waals surface area contributed by atoms with E-state index in [2.05, 4.69) is 10.6 Å². The third-order valence-corrected chi connectivity index (χ3v) is 4.05. The standard InChI is InChI=1S/C14H19N3O4/c1-3-14(6-7-15-9-14)13(18)16-11-5-4-10(17(19)20)8-12(11)21-2/h4-5,8,15H,3,6-7,9H2,1-2H3,(H,16,18). The van der Waals surface area contributed by atoms with E-state index in [1.807, 2.05) is 6.92 Å². The van der Waals surface area contributed by atoms with Gasteiger partial charge >= 0.3 is 0 Å². The summed E-state index contributed by atoms with van der Waals surface area (Å²) in [6.45, 7) is 3.45. The summed E-state index contributed by atoms with van der Waals surface area (Å²) in [7, 11) is 1.42. The van der Waals surface area contributed by atoms with E-state index in [9.17, 15) is 14.9 Å². The second kappa shape index (κ2) is 6.09. The van der Waals surface area contributed by atoms with Crippen molar-refractivity contribution in [2.24, 2.45) is 5.41 Å². The van der Waals surface area contributed by atoms with Gasteiger partial charge in [0.2, 0.25) is 5.91 Å². The molecule has 114 valence electrons. The molecule has 1 heterocycles. The zero-order valence-electron chi connectivity index (χ0n) is 12.1. The number of hydrogen-bond donors (Lipinski definition) is 2. The molecule has 1 unspecified atom stereocenters. The molecule has 0 spiro atoms. The minimum atomic E-state index is -0.497. The van der Waals surface area contributed by atoms with Crippen molar-refractivity contribution in [2.75, 3.05) is 25.5 Å². The van der Waals surface area contributed by atoms with Crippen molar-refractivity contribution < 1.29 is 14.5 Å². The summed E-state index contributed by atoms with van der Waals surface area (Å²) in [4.78, 5) is 22.8. The predicted octanol–water partition coefficient (Wildman–Crippen LogP) is 1.93. The predicted molar refractivity (Wildman–Crippen MR) is 78.5 cm³/mol. The van der Waals surface area contributed by atoms with Crippen LogP contribution in [-0.4, -0.2) is 31.0 Å². The molecule has 0 radical (unpaired) electrons. The summed E-state index contributed by atoms with van der Waals surface area (Å²) in [5.41, 5.74) is -0.0438. The Balaban J connectivity index is 2.22. The van der Waals surface area contributed by atoms with Crippen molar-refractivity contribution in [3.05, 3.63) is 28.3 Å². The molecule has 2 rings (SSSR count). The summed E-state index contributed by atoms with van der Waals surface area (Å²) in [6.07, 6.45) is 1.52. The second-order valence-electron chi connectivity index (χ2n) is 5.16. The number of carbonyl (C=O) groups excluding carboxylic acids is 1. The lowest BCUT2D eigenvalue weighted by Gasteiger charge is -2.25. The van der Waals surface area contributed by atoms with Gasteiger partial charge in [-0.25, -0.2) is 0 Å².